The Labute approximate surface area is 150 Å². The molecular weight excluding hydrogens is 370 g/mol. The van der Waals surface area contributed by atoms with Gasteiger partial charge in [-0.15, -0.1) is 20.4 Å². The van der Waals surface area contributed by atoms with Crippen LogP contribution >= 0.6 is 34.7 Å². The van der Waals surface area contributed by atoms with E-state index in [-0.39, 0.29) is 11.7 Å². The molecule has 1 amide bonds. The molecule has 3 rings (SSSR count). The Kier molecular flexibility index (Phi) is 5.44. The number of anilines is 1. The number of halogens is 1. The minimum absolute atomic E-state index is 0.130. The van der Waals surface area contributed by atoms with E-state index in [1.54, 1.807) is 12.1 Å². The van der Waals surface area contributed by atoms with Crippen LogP contribution in [0, 0.1) is 0 Å². The van der Waals surface area contributed by atoms with Crippen molar-refractivity contribution in [2.24, 2.45) is 0 Å². The summed E-state index contributed by atoms with van der Waals surface area (Å²) in [7, 11) is 0. The topological polar surface area (TPSA) is 93.8 Å². The van der Waals surface area contributed by atoms with Crippen LogP contribution in [0.2, 0.25) is 5.02 Å². The van der Waals surface area contributed by atoms with Crippen molar-refractivity contribution in [3.63, 3.8) is 0 Å². The molecule has 0 atom stereocenters. The van der Waals surface area contributed by atoms with E-state index in [0.29, 0.717) is 26.8 Å². The van der Waals surface area contributed by atoms with Crippen molar-refractivity contribution in [2.45, 2.75) is 18.6 Å². The fraction of sp³-hybridized carbons (Fsp3) is 0.214. The lowest BCUT2D eigenvalue weighted by molar-refractivity contribution is -0.113. The second-order valence-electron chi connectivity index (χ2n) is 4.54. The van der Waals surface area contributed by atoms with Gasteiger partial charge in [-0.2, -0.15) is 0 Å². The molecule has 2 heterocycles. The van der Waals surface area contributed by atoms with Gasteiger partial charge in [0.2, 0.25) is 16.9 Å². The Balaban J connectivity index is 1.57. The first-order valence-corrected chi connectivity index (χ1v) is 9.17. The summed E-state index contributed by atoms with van der Waals surface area (Å²) in [6.45, 7) is 1.98. The van der Waals surface area contributed by atoms with Crippen molar-refractivity contribution in [2.75, 3.05) is 11.1 Å². The lowest BCUT2D eigenvalue weighted by Crippen LogP contribution is -2.13. The van der Waals surface area contributed by atoms with Gasteiger partial charge in [-0.05, 0) is 18.6 Å². The first kappa shape index (κ1) is 16.9. The summed E-state index contributed by atoms with van der Waals surface area (Å²) in [5, 5.41) is 20.6. The third-order valence-electron chi connectivity index (χ3n) is 2.85. The number of aryl methyl sites for hydroxylation is 1. The standard InChI is InChI=1S/C14H12ClN5O2S2/c1-2-11-17-19-13(24-11)16-10(21)7-23-14-20-18-12(22-14)8-5-3-4-6-9(8)15/h3-6H,2,7H2,1H3,(H,16,19,21). The van der Waals surface area contributed by atoms with Crippen LogP contribution in [0.4, 0.5) is 5.13 Å². The maximum absolute atomic E-state index is 11.9. The number of benzene rings is 1. The summed E-state index contributed by atoms with van der Waals surface area (Å²) in [5.74, 6) is 0.238. The van der Waals surface area contributed by atoms with Crippen LogP contribution in [-0.4, -0.2) is 32.1 Å². The van der Waals surface area contributed by atoms with Gasteiger partial charge in [0, 0.05) is 0 Å². The third kappa shape index (κ3) is 4.11. The first-order valence-electron chi connectivity index (χ1n) is 6.99. The summed E-state index contributed by atoms with van der Waals surface area (Å²) < 4.78 is 5.52. The van der Waals surface area contributed by atoms with Crippen LogP contribution < -0.4 is 5.32 Å². The number of aromatic nitrogens is 4. The fourth-order valence-corrected chi connectivity index (χ4v) is 3.22. The zero-order valence-corrected chi connectivity index (χ0v) is 14.9. The van der Waals surface area contributed by atoms with Crippen molar-refractivity contribution in [1.29, 1.82) is 0 Å². The quantitative estimate of drug-likeness (QED) is 0.652. The molecule has 3 aromatic rings. The van der Waals surface area contributed by atoms with E-state index in [4.69, 9.17) is 16.0 Å². The number of amides is 1. The van der Waals surface area contributed by atoms with Gasteiger partial charge < -0.3 is 4.42 Å². The summed E-state index contributed by atoms with van der Waals surface area (Å²) in [4.78, 5) is 11.9. The van der Waals surface area contributed by atoms with E-state index < -0.39 is 0 Å². The third-order valence-corrected chi connectivity index (χ3v) is 4.98. The van der Waals surface area contributed by atoms with Gasteiger partial charge >= 0.3 is 0 Å². The SMILES string of the molecule is CCc1nnc(NC(=O)CSc2nnc(-c3ccccc3Cl)o2)s1. The predicted molar refractivity (Wildman–Crippen MR) is 93.4 cm³/mol. The zero-order valence-electron chi connectivity index (χ0n) is 12.5. The lowest BCUT2D eigenvalue weighted by atomic mass is 10.2. The van der Waals surface area contributed by atoms with Crippen LogP contribution in [0.25, 0.3) is 11.5 Å². The van der Waals surface area contributed by atoms with Crippen LogP contribution in [0.3, 0.4) is 0 Å². The smallest absolute Gasteiger partial charge is 0.277 e. The Bertz CT molecular complexity index is 851. The maximum atomic E-state index is 11.9. The van der Waals surface area contributed by atoms with E-state index in [1.807, 2.05) is 19.1 Å². The minimum atomic E-state index is -0.212. The Morgan fingerprint density at radius 2 is 2.12 bits per heavy atom. The Morgan fingerprint density at radius 3 is 2.88 bits per heavy atom. The molecule has 7 nitrogen and oxygen atoms in total. The highest BCUT2D eigenvalue weighted by atomic mass is 35.5. The van der Waals surface area contributed by atoms with E-state index in [2.05, 4.69) is 25.7 Å². The van der Waals surface area contributed by atoms with E-state index in [9.17, 15) is 4.79 Å². The number of nitrogens with zero attached hydrogens (tertiary/aromatic N) is 4. The molecule has 0 aliphatic carbocycles. The molecule has 1 aromatic carbocycles. The highest BCUT2D eigenvalue weighted by Gasteiger charge is 2.14. The van der Waals surface area contributed by atoms with Crippen molar-refractivity contribution < 1.29 is 9.21 Å². The number of carbonyl (C=O) groups is 1. The monoisotopic (exact) mass is 381 g/mol. The van der Waals surface area contributed by atoms with Gasteiger partial charge in [0.05, 0.1) is 16.3 Å². The molecule has 0 unspecified atom stereocenters. The van der Waals surface area contributed by atoms with Crippen LogP contribution in [0.5, 0.6) is 0 Å². The van der Waals surface area contributed by atoms with Gasteiger partial charge in [-0.1, -0.05) is 53.8 Å². The molecule has 1 N–H and O–H groups in total. The summed E-state index contributed by atoms with van der Waals surface area (Å²) in [5.41, 5.74) is 0.656. The minimum Gasteiger partial charge on any atom is -0.411 e. The van der Waals surface area contributed by atoms with Gasteiger partial charge in [0.25, 0.3) is 5.22 Å². The van der Waals surface area contributed by atoms with Gasteiger partial charge in [-0.25, -0.2) is 0 Å². The summed E-state index contributed by atoms with van der Waals surface area (Å²) in [6, 6.07) is 7.18. The van der Waals surface area contributed by atoms with Crippen molar-refractivity contribution >= 4 is 45.7 Å². The summed E-state index contributed by atoms with van der Waals surface area (Å²) >= 11 is 8.59. The maximum Gasteiger partial charge on any atom is 0.277 e. The predicted octanol–water partition coefficient (Wildman–Crippen LogP) is 3.53. The van der Waals surface area contributed by atoms with E-state index in [1.165, 1.54) is 11.3 Å². The van der Waals surface area contributed by atoms with Gasteiger partial charge in [0.15, 0.2) is 0 Å². The highest BCUT2D eigenvalue weighted by molar-refractivity contribution is 7.99. The first-order chi connectivity index (χ1) is 11.7. The number of hydrogen-bond donors (Lipinski definition) is 1. The molecule has 124 valence electrons. The van der Waals surface area contributed by atoms with E-state index >= 15 is 0 Å². The molecule has 2 aromatic heterocycles. The van der Waals surface area contributed by atoms with Crippen LogP contribution in [-0.2, 0) is 11.2 Å². The average Bonchev–Trinajstić information content (AvgIpc) is 3.22. The molecule has 0 spiro atoms. The lowest BCUT2D eigenvalue weighted by Gasteiger charge is -1.98. The largest absolute Gasteiger partial charge is 0.411 e. The number of thioether (sulfide) groups is 1. The second kappa shape index (κ2) is 7.73. The molecule has 0 aliphatic rings. The Hall–Kier alpha value is -1.97. The highest BCUT2D eigenvalue weighted by Crippen LogP contribution is 2.28. The van der Waals surface area contributed by atoms with Gasteiger partial charge in [0.1, 0.15) is 5.01 Å². The van der Waals surface area contributed by atoms with E-state index in [0.717, 1.165) is 23.2 Å². The summed E-state index contributed by atoms with van der Waals surface area (Å²) in [6.07, 6.45) is 0.787. The molecule has 0 radical (unpaired) electrons. The number of hydrogen-bond acceptors (Lipinski definition) is 8. The molecule has 24 heavy (non-hydrogen) atoms. The van der Waals surface area contributed by atoms with Crippen molar-refractivity contribution in [1.82, 2.24) is 20.4 Å². The number of carbonyl (C=O) groups excluding carboxylic acids is 1. The molecule has 10 heteroatoms. The molecular formula is C14H12ClN5O2S2. The molecule has 0 aliphatic heterocycles. The molecule has 0 saturated heterocycles. The molecule has 0 bridgehead atoms. The van der Waals surface area contributed by atoms with Crippen molar-refractivity contribution in [3.8, 4) is 11.5 Å². The second-order valence-corrected chi connectivity index (χ2v) is 6.94. The normalized spacial score (nSPS) is 10.8. The molecule has 0 saturated carbocycles. The van der Waals surface area contributed by atoms with Crippen LogP contribution in [0.1, 0.15) is 11.9 Å². The molecule has 0 fully saturated rings. The van der Waals surface area contributed by atoms with Crippen LogP contribution in [0.15, 0.2) is 33.9 Å². The number of nitrogens with one attached hydrogen (secondary N) is 1. The average molecular weight is 382 g/mol. The zero-order chi connectivity index (χ0) is 16.9. The number of rotatable bonds is 6. The van der Waals surface area contributed by atoms with Crippen molar-refractivity contribution in [3.05, 3.63) is 34.3 Å². The Morgan fingerprint density at radius 1 is 1.29 bits per heavy atom. The fourth-order valence-electron chi connectivity index (χ4n) is 1.74. The van der Waals surface area contributed by atoms with Gasteiger partial charge in [-0.3, -0.25) is 10.1 Å².